The van der Waals surface area contributed by atoms with E-state index in [4.69, 9.17) is 4.74 Å². The van der Waals surface area contributed by atoms with Gasteiger partial charge in [0.1, 0.15) is 6.04 Å². The molecule has 186 valence electrons. The molecule has 2 N–H and O–H groups in total. The lowest BCUT2D eigenvalue weighted by Crippen LogP contribution is -2.51. The van der Waals surface area contributed by atoms with Crippen LogP contribution in [0, 0.1) is 0 Å². The van der Waals surface area contributed by atoms with Gasteiger partial charge < -0.3 is 10.1 Å². The zero-order valence-corrected chi connectivity index (χ0v) is 21.6. The van der Waals surface area contributed by atoms with Crippen molar-refractivity contribution in [2.45, 2.75) is 67.8 Å². The van der Waals surface area contributed by atoms with Crippen molar-refractivity contribution in [3.8, 4) is 0 Å². The highest BCUT2D eigenvalue weighted by Gasteiger charge is 2.61. The molecule has 0 bridgehead atoms. The molecule has 0 aliphatic carbocycles. The van der Waals surface area contributed by atoms with E-state index in [0.717, 1.165) is 29.7 Å². The van der Waals surface area contributed by atoms with Crippen LogP contribution in [0.3, 0.4) is 0 Å². The Bertz CT molecular complexity index is 1250. The third-order valence-corrected chi connectivity index (χ3v) is 9.23. The number of para-hydroxylation sites is 1. The SMILES string of the molecule is COC(=O)[C@H]1C[C@]2(C(/C=C(\C)CCC=C(C)C)S(=O)(=O)c3ccccc3)c3ccccc3N[C@H]2N1. The number of fused-ring (bicyclic) bond motifs is 3. The van der Waals surface area contributed by atoms with Crippen LogP contribution in [-0.4, -0.2) is 39.0 Å². The van der Waals surface area contributed by atoms with E-state index in [9.17, 15) is 13.2 Å². The Kier molecular flexibility index (Phi) is 7.20. The van der Waals surface area contributed by atoms with E-state index in [-0.39, 0.29) is 4.90 Å². The second kappa shape index (κ2) is 9.99. The lowest BCUT2D eigenvalue weighted by atomic mass is 9.74. The number of nitrogens with one attached hydrogen (secondary N) is 2. The largest absolute Gasteiger partial charge is 0.468 e. The summed E-state index contributed by atoms with van der Waals surface area (Å²) < 4.78 is 33.6. The molecule has 0 spiro atoms. The van der Waals surface area contributed by atoms with Gasteiger partial charge in [0.15, 0.2) is 9.84 Å². The second-order valence-electron chi connectivity index (χ2n) is 9.72. The van der Waals surface area contributed by atoms with Crippen molar-refractivity contribution in [3.63, 3.8) is 0 Å². The number of allylic oxidation sites excluding steroid dienone is 3. The van der Waals surface area contributed by atoms with Gasteiger partial charge in [-0.15, -0.1) is 0 Å². The summed E-state index contributed by atoms with van der Waals surface area (Å²) in [4.78, 5) is 12.9. The van der Waals surface area contributed by atoms with Crippen LogP contribution in [0.15, 0.2) is 82.8 Å². The fourth-order valence-corrected chi connectivity index (χ4v) is 7.55. The molecule has 2 aromatic rings. The molecule has 0 saturated carbocycles. The van der Waals surface area contributed by atoms with Crippen molar-refractivity contribution < 1.29 is 17.9 Å². The summed E-state index contributed by atoms with van der Waals surface area (Å²) in [6.07, 6.45) is 5.56. The number of hydrogen-bond acceptors (Lipinski definition) is 6. The third-order valence-electron chi connectivity index (χ3n) is 7.08. The maximum atomic E-state index is 14.3. The molecule has 0 aromatic heterocycles. The fraction of sp³-hybridized carbons (Fsp3) is 0.393. The number of carbonyl (C=O) groups is 1. The maximum absolute atomic E-state index is 14.3. The lowest BCUT2D eigenvalue weighted by molar-refractivity contribution is -0.142. The smallest absolute Gasteiger partial charge is 0.322 e. The predicted molar refractivity (Wildman–Crippen MR) is 139 cm³/mol. The Morgan fingerprint density at radius 3 is 2.49 bits per heavy atom. The summed E-state index contributed by atoms with van der Waals surface area (Å²) in [5.41, 5.74) is 3.15. The molecule has 2 aliphatic rings. The highest BCUT2D eigenvalue weighted by Crippen LogP contribution is 2.52. The van der Waals surface area contributed by atoms with Crippen LogP contribution >= 0.6 is 0 Å². The topological polar surface area (TPSA) is 84.5 Å². The Labute approximate surface area is 208 Å². The van der Waals surface area contributed by atoms with Crippen LogP contribution in [-0.2, 0) is 24.8 Å². The van der Waals surface area contributed by atoms with Gasteiger partial charge in [0, 0.05) is 5.69 Å². The van der Waals surface area contributed by atoms with Gasteiger partial charge in [-0.2, -0.15) is 0 Å². The van der Waals surface area contributed by atoms with Crippen molar-refractivity contribution in [2.75, 3.05) is 12.4 Å². The van der Waals surface area contributed by atoms with Gasteiger partial charge >= 0.3 is 5.97 Å². The fourth-order valence-electron chi connectivity index (χ4n) is 5.40. The Balaban J connectivity index is 1.89. The number of sulfone groups is 1. The number of rotatable bonds is 8. The van der Waals surface area contributed by atoms with Gasteiger partial charge in [-0.05, 0) is 63.8 Å². The van der Waals surface area contributed by atoms with E-state index in [1.54, 1.807) is 24.3 Å². The van der Waals surface area contributed by atoms with E-state index in [0.29, 0.717) is 6.42 Å². The van der Waals surface area contributed by atoms with Gasteiger partial charge in [-0.3, -0.25) is 10.1 Å². The van der Waals surface area contributed by atoms with Gasteiger partial charge in [-0.25, -0.2) is 8.42 Å². The first-order valence-electron chi connectivity index (χ1n) is 12.0. The number of hydrogen-bond donors (Lipinski definition) is 2. The number of methoxy groups -OCH3 is 1. The van der Waals surface area contributed by atoms with E-state index in [1.807, 2.05) is 43.3 Å². The highest BCUT2D eigenvalue weighted by atomic mass is 32.2. The first-order valence-corrected chi connectivity index (χ1v) is 13.5. The molecule has 7 heteroatoms. The van der Waals surface area contributed by atoms with Crippen LogP contribution in [0.25, 0.3) is 0 Å². The van der Waals surface area contributed by atoms with E-state index in [2.05, 4.69) is 30.6 Å². The zero-order valence-electron chi connectivity index (χ0n) is 20.7. The molecule has 1 fully saturated rings. The van der Waals surface area contributed by atoms with Crippen LogP contribution < -0.4 is 10.6 Å². The van der Waals surface area contributed by atoms with Gasteiger partial charge in [-0.1, -0.05) is 59.7 Å². The Morgan fingerprint density at radius 2 is 1.80 bits per heavy atom. The number of ether oxygens (including phenoxy) is 1. The highest BCUT2D eigenvalue weighted by molar-refractivity contribution is 7.92. The van der Waals surface area contributed by atoms with Crippen LogP contribution in [0.2, 0.25) is 0 Å². The molecule has 2 aliphatic heterocycles. The molecule has 1 unspecified atom stereocenters. The molecule has 2 heterocycles. The van der Waals surface area contributed by atoms with Gasteiger partial charge in [0.2, 0.25) is 0 Å². The molecule has 6 nitrogen and oxygen atoms in total. The van der Waals surface area contributed by atoms with Gasteiger partial charge in [0.05, 0.1) is 28.8 Å². The maximum Gasteiger partial charge on any atom is 0.322 e. The number of esters is 1. The molecule has 4 atom stereocenters. The normalized spacial score (nSPS) is 24.2. The first kappa shape index (κ1) is 25.2. The molecule has 35 heavy (non-hydrogen) atoms. The third kappa shape index (κ3) is 4.67. The van der Waals surface area contributed by atoms with Crippen LogP contribution in [0.4, 0.5) is 5.69 Å². The van der Waals surface area contributed by atoms with Crippen LogP contribution in [0.1, 0.15) is 45.6 Å². The molecule has 2 aromatic carbocycles. The quantitative estimate of drug-likeness (QED) is 0.407. The van der Waals surface area contributed by atoms with E-state index < -0.39 is 38.7 Å². The van der Waals surface area contributed by atoms with Crippen molar-refractivity contribution in [1.82, 2.24) is 5.32 Å². The van der Waals surface area contributed by atoms with Crippen LogP contribution in [0.5, 0.6) is 0 Å². The monoisotopic (exact) mass is 494 g/mol. The standard InChI is InChI=1S/C28H34N2O4S/c1-19(2)11-10-12-20(3)17-25(35(32,33)21-13-6-5-7-14-21)28-18-24(26(31)34-4)30-27(28)29-23-16-9-8-15-22(23)28/h5-9,11,13-17,24-25,27,29-30H,10,12,18H2,1-4H3/b20-17+/t24-,25?,27+,28-/m1/s1. The first-order chi connectivity index (χ1) is 16.7. The minimum absolute atomic E-state index is 0.275. The molecular formula is C28H34N2O4S. The van der Waals surface area contributed by atoms with Gasteiger partial charge in [0.25, 0.3) is 0 Å². The number of anilines is 1. The summed E-state index contributed by atoms with van der Waals surface area (Å²) in [6.45, 7) is 6.11. The molecule has 0 radical (unpaired) electrons. The van der Waals surface area contributed by atoms with E-state index >= 15 is 0 Å². The number of benzene rings is 2. The average molecular weight is 495 g/mol. The molecule has 1 saturated heterocycles. The van der Waals surface area contributed by atoms with Crippen molar-refractivity contribution in [2.24, 2.45) is 0 Å². The second-order valence-corrected chi connectivity index (χ2v) is 11.8. The summed E-state index contributed by atoms with van der Waals surface area (Å²) in [5.74, 6) is -0.391. The molecular weight excluding hydrogens is 460 g/mol. The Hall–Kier alpha value is -2.90. The van der Waals surface area contributed by atoms with Crippen molar-refractivity contribution >= 4 is 21.5 Å². The summed E-state index contributed by atoms with van der Waals surface area (Å²) >= 11 is 0. The van der Waals surface area contributed by atoms with Crippen molar-refractivity contribution in [1.29, 1.82) is 0 Å². The molecule has 4 rings (SSSR count). The summed E-state index contributed by atoms with van der Waals surface area (Å²) in [6, 6.07) is 15.8. The lowest BCUT2D eigenvalue weighted by Gasteiger charge is -2.36. The van der Waals surface area contributed by atoms with Crippen molar-refractivity contribution in [3.05, 3.63) is 83.5 Å². The minimum atomic E-state index is -3.81. The summed E-state index contributed by atoms with van der Waals surface area (Å²) in [7, 11) is -2.45. The minimum Gasteiger partial charge on any atom is -0.468 e. The Morgan fingerprint density at radius 1 is 1.11 bits per heavy atom. The number of carbonyl (C=O) groups excluding carboxylic acids is 1. The predicted octanol–water partition coefficient (Wildman–Crippen LogP) is 4.75. The summed E-state index contributed by atoms with van der Waals surface area (Å²) in [5, 5.41) is 5.92. The average Bonchev–Trinajstić information content (AvgIpc) is 3.36. The molecule has 0 amide bonds. The zero-order chi connectivity index (χ0) is 25.2. The van der Waals surface area contributed by atoms with E-state index in [1.165, 1.54) is 12.7 Å².